The molecular weight excluding hydrogens is 336 g/mol. The van der Waals surface area contributed by atoms with Crippen molar-refractivity contribution in [3.63, 3.8) is 0 Å². The highest BCUT2D eigenvalue weighted by molar-refractivity contribution is 7.89. The monoisotopic (exact) mass is 360 g/mol. The van der Waals surface area contributed by atoms with Gasteiger partial charge in [0.25, 0.3) is 0 Å². The average molecular weight is 360 g/mol. The molecule has 0 bridgehead atoms. The molecule has 134 valence electrons. The summed E-state index contributed by atoms with van der Waals surface area (Å²) in [5.41, 5.74) is 1.67. The molecule has 1 aromatic carbocycles. The molecule has 0 unspecified atom stereocenters. The molecule has 1 aliphatic rings. The molecule has 0 atom stereocenters. The predicted molar refractivity (Wildman–Crippen MR) is 99.0 cm³/mol. The van der Waals surface area contributed by atoms with Gasteiger partial charge in [-0.1, -0.05) is 24.3 Å². The van der Waals surface area contributed by atoms with Crippen molar-refractivity contribution in [2.45, 2.75) is 18.4 Å². The normalized spacial score (nSPS) is 16.7. The molecule has 1 saturated heterocycles. The smallest absolute Gasteiger partial charge is 0.243 e. The van der Waals surface area contributed by atoms with Crippen LogP contribution in [0.4, 0.5) is 5.82 Å². The van der Waals surface area contributed by atoms with Crippen molar-refractivity contribution < 1.29 is 8.42 Å². The number of anilines is 1. The van der Waals surface area contributed by atoms with Gasteiger partial charge in [0.05, 0.1) is 4.90 Å². The van der Waals surface area contributed by atoms with Crippen LogP contribution in [-0.2, 0) is 16.6 Å². The first-order valence-corrected chi connectivity index (χ1v) is 9.85. The maximum atomic E-state index is 13.0. The topological polar surface area (TPSA) is 65.5 Å². The number of nitrogens with zero attached hydrogens (tertiary/aromatic N) is 3. The van der Waals surface area contributed by atoms with Crippen molar-refractivity contribution >= 4 is 15.8 Å². The van der Waals surface area contributed by atoms with E-state index >= 15 is 0 Å². The van der Waals surface area contributed by atoms with E-state index in [2.05, 4.69) is 15.2 Å². The minimum absolute atomic E-state index is 0.375. The molecular formula is C18H24N4O2S. The van der Waals surface area contributed by atoms with Crippen LogP contribution in [0.2, 0.25) is 0 Å². The third-order valence-corrected chi connectivity index (χ3v) is 6.40. The van der Waals surface area contributed by atoms with Gasteiger partial charge in [-0.15, -0.1) is 0 Å². The first-order valence-electron chi connectivity index (χ1n) is 8.41. The van der Waals surface area contributed by atoms with Crippen molar-refractivity contribution in [1.29, 1.82) is 0 Å². The molecule has 3 rings (SSSR count). The summed E-state index contributed by atoms with van der Waals surface area (Å²) in [6.07, 6.45) is 0. The largest absolute Gasteiger partial charge is 0.366 e. The van der Waals surface area contributed by atoms with E-state index in [4.69, 9.17) is 0 Å². The molecule has 6 nitrogen and oxygen atoms in total. The molecule has 25 heavy (non-hydrogen) atoms. The number of rotatable bonds is 5. The van der Waals surface area contributed by atoms with Crippen LogP contribution in [0.5, 0.6) is 0 Å². The van der Waals surface area contributed by atoms with Crippen LogP contribution in [-0.4, -0.2) is 55.8 Å². The first-order chi connectivity index (χ1) is 12.0. The van der Waals surface area contributed by atoms with E-state index in [1.807, 2.05) is 44.3 Å². The van der Waals surface area contributed by atoms with Crippen LogP contribution in [0.1, 0.15) is 11.3 Å². The second-order valence-corrected chi connectivity index (χ2v) is 8.24. The van der Waals surface area contributed by atoms with E-state index in [1.165, 1.54) is 0 Å². The van der Waals surface area contributed by atoms with Crippen LogP contribution < -0.4 is 5.32 Å². The number of likely N-dealkylation sites (N-methyl/N-ethyl adjacent to an activating group) is 1. The summed E-state index contributed by atoms with van der Waals surface area (Å²) in [5, 5.41) is 3.22. The van der Waals surface area contributed by atoms with Crippen LogP contribution in [0.25, 0.3) is 0 Å². The summed E-state index contributed by atoms with van der Waals surface area (Å²) in [6, 6.07) is 12.9. The summed E-state index contributed by atoms with van der Waals surface area (Å²) in [4.78, 5) is 6.92. The fourth-order valence-corrected chi connectivity index (χ4v) is 4.54. The Labute approximate surface area is 149 Å². The van der Waals surface area contributed by atoms with Gasteiger partial charge in [-0.2, -0.15) is 4.31 Å². The number of aryl methyl sites for hydroxylation is 1. The summed E-state index contributed by atoms with van der Waals surface area (Å²) < 4.78 is 27.7. The lowest BCUT2D eigenvalue weighted by molar-refractivity contribution is 0.222. The third kappa shape index (κ3) is 4.18. The number of pyridine rings is 1. The van der Waals surface area contributed by atoms with E-state index < -0.39 is 10.0 Å². The Morgan fingerprint density at radius 3 is 2.48 bits per heavy atom. The Hall–Kier alpha value is -1.96. The number of benzene rings is 1. The molecule has 0 amide bonds. The molecule has 0 radical (unpaired) electrons. The van der Waals surface area contributed by atoms with Crippen LogP contribution in [0.3, 0.4) is 0 Å². The molecule has 0 spiro atoms. The summed E-state index contributed by atoms with van der Waals surface area (Å²) in [6.45, 7) is 4.91. The number of hydrogen-bond acceptors (Lipinski definition) is 5. The van der Waals surface area contributed by atoms with Crippen molar-refractivity contribution in [1.82, 2.24) is 14.2 Å². The number of sulfonamides is 1. The van der Waals surface area contributed by atoms with Crippen LogP contribution in [0, 0.1) is 6.92 Å². The average Bonchev–Trinajstić information content (AvgIpc) is 2.61. The SMILES string of the molecule is Cc1cccc(NCc2ccccc2S(=O)(=O)N2CCN(C)CC2)n1. The quantitative estimate of drug-likeness (QED) is 0.883. The number of piperazine rings is 1. The van der Waals surface area contributed by atoms with Crippen molar-refractivity contribution in [3.05, 3.63) is 53.7 Å². The maximum Gasteiger partial charge on any atom is 0.243 e. The second kappa shape index (κ2) is 7.51. The zero-order valence-corrected chi connectivity index (χ0v) is 15.5. The van der Waals surface area contributed by atoms with Crippen molar-refractivity contribution in [2.24, 2.45) is 0 Å². The van der Waals surface area contributed by atoms with Gasteiger partial charge in [0.2, 0.25) is 10.0 Å². The standard InChI is InChI=1S/C18H24N4O2S/c1-15-6-5-9-18(20-15)19-14-16-7-3-4-8-17(16)25(23,24)22-12-10-21(2)11-13-22/h3-9H,10-14H2,1-2H3,(H,19,20). The van der Waals surface area contributed by atoms with E-state index in [0.717, 1.165) is 30.2 Å². The Morgan fingerprint density at radius 1 is 1.04 bits per heavy atom. The summed E-state index contributed by atoms with van der Waals surface area (Å²) in [5.74, 6) is 0.742. The van der Waals surface area contributed by atoms with Crippen LogP contribution >= 0.6 is 0 Å². The highest BCUT2D eigenvalue weighted by atomic mass is 32.2. The Morgan fingerprint density at radius 2 is 1.76 bits per heavy atom. The fraction of sp³-hybridized carbons (Fsp3) is 0.389. The molecule has 7 heteroatoms. The Balaban J connectivity index is 1.80. The molecule has 0 saturated carbocycles. The van der Waals surface area contributed by atoms with Gasteiger partial charge < -0.3 is 10.2 Å². The molecule has 0 aliphatic carbocycles. The molecule has 2 aromatic rings. The van der Waals surface area contributed by atoms with E-state index in [9.17, 15) is 8.42 Å². The van der Waals surface area contributed by atoms with Gasteiger partial charge in [-0.05, 0) is 37.7 Å². The number of aromatic nitrogens is 1. The lowest BCUT2D eigenvalue weighted by Gasteiger charge is -2.32. The number of hydrogen-bond donors (Lipinski definition) is 1. The summed E-state index contributed by atoms with van der Waals surface area (Å²) >= 11 is 0. The van der Waals surface area contributed by atoms with E-state index in [0.29, 0.717) is 24.5 Å². The molecule has 1 aliphatic heterocycles. The van der Waals surface area contributed by atoms with Gasteiger partial charge in [0.15, 0.2) is 0 Å². The van der Waals surface area contributed by atoms with Crippen molar-refractivity contribution in [3.8, 4) is 0 Å². The molecule has 2 heterocycles. The fourth-order valence-electron chi connectivity index (χ4n) is 2.90. The number of nitrogens with one attached hydrogen (secondary N) is 1. The maximum absolute atomic E-state index is 13.0. The first kappa shape index (κ1) is 17.8. The van der Waals surface area contributed by atoms with Crippen molar-refractivity contribution in [2.75, 3.05) is 38.5 Å². The van der Waals surface area contributed by atoms with Gasteiger partial charge in [-0.25, -0.2) is 13.4 Å². The van der Waals surface area contributed by atoms with E-state index in [1.54, 1.807) is 16.4 Å². The van der Waals surface area contributed by atoms with E-state index in [-0.39, 0.29) is 0 Å². The lowest BCUT2D eigenvalue weighted by atomic mass is 10.2. The molecule has 1 fully saturated rings. The Bertz CT molecular complexity index is 830. The predicted octanol–water partition coefficient (Wildman–Crippen LogP) is 1.94. The Kier molecular flexibility index (Phi) is 5.36. The zero-order valence-electron chi connectivity index (χ0n) is 14.6. The van der Waals surface area contributed by atoms with Gasteiger partial charge in [0, 0.05) is 38.4 Å². The highest BCUT2D eigenvalue weighted by Crippen LogP contribution is 2.22. The third-order valence-electron chi connectivity index (χ3n) is 4.40. The second-order valence-electron chi connectivity index (χ2n) is 6.33. The molecule has 1 aromatic heterocycles. The summed E-state index contributed by atoms with van der Waals surface area (Å²) in [7, 11) is -1.47. The van der Waals surface area contributed by atoms with Gasteiger partial charge in [0.1, 0.15) is 5.82 Å². The van der Waals surface area contributed by atoms with Gasteiger partial charge in [-0.3, -0.25) is 0 Å². The van der Waals surface area contributed by atoms with Crippen LogP contribution in [0.15, 0.2) is 47.4 Å². The highest BCUT2D eigenvalue weighted by Gasteiger charge is 2.29. The van der Waals surface area contributed by atoms with Gasteiger partial charge >= 0.3 is 0 Å². The lowest BCUT2D eigenvalue weighted by Crippen LogP contribution is -2.47. The zero-order chi connectivity index (χ0) is 17.9. The molecule has 1 N–H and O–H groups in total. The minimum Gasteiger partial charge on any atom is -0.366 e. The minimum atomic E-state index is -3.48.